The van der Waals surface area contributed by atoms with E-state index in [1.54, 1.807) is 11.6 Å². The Labute approximate surface area is 133 Å². The number of anilines is 2. The minimum atomic E-state index is -0.305. The largest absolute Gasteiger partial charge is 0.326 e. The molecule has 22 heavy (non-hydrogen) atoms. The molecule has 2 aromatic rings. The van der Waals surface area contributed by atoms with E-state index in [-0.39, 0.29) is 11.9 Å². The van der Waals surface area contributed by atoms with Gasteiger partial charge in [-0.2, -0.15) is 0 Å². The van der Waals surface area contributed by atoms with E-state index < -0.39 is 0 Å². The van der Waals surface area contributed by atoms with Crippen molar-refractivity contribution in [1.82, 2.24) is 4.98 Å². The van der Waals surface area contributed by atoms with Crippen molar-refractivity contribution in [1.29, 1.82) is 0 Å². The Balaban J connectivity index is 0.000000422. The molecule has 0 saturated carbocycles. The molecule has 0 unspecified atom stereocenters. The number of urea groups is 1. The number of aldehydes is 1. The molecule has 118 valence electrons. The fourth-order valence-electron chi connectivity index (χ4n) is 1.27. The number of hydrogen-bond acceptors (Lipinski definition) is 5. The van der Waals surface area contributed by atoms with Crippen LogP contribution in [0.3, 0.4) is 0 Å². The lowest BCUT2D eigenvalue weighted by Crippen LogP contribution is -2.19. The van der Waals surface area contributed by atoms with Crippen LogP contribution in [0.25, 0.3) is 0 Å². The summed E-state index contributed by atoms with van der Waals surface area (Å²) in [7, 11) is 0. The predicted octanol–water partition coefficient (Wildman–Crippen LogP) is 3.09. The number of hydrogen-bond donors (Lipinski definition) is 3. The van der Waals surface area contributed by atoms with Gasteiger partial charge in [-0.15, -0.1) is 11.3 Å². The minimum Gasteiger partial charge on any atom is -0.326 e. The van der Waals surface area contributed by atoms with Crippen molar-refractivity contribution in [3.8, 4) is 0 Å². The molecule has 0 aliphatic heterocycles. The van der Waals surface area contributed by atoms with E-state index in [0.29, 0.717) is 11.7 Å². The Morgan fingerprint density at radius 2 is 1.95 bits per heavy atom. The molecule has 1 aromatic heterocycles. The number of nitrogens with zero attached hydrogens (tertiary/aromatic N) is 1. The third-order valence-electron chi connectivity index (χ3n) is 2.37. The number of amides is 2. The van der Waals surface area contributed by atoms with Crippen LogP contribution in [-0.2, 0) is 11.3 Å². The van der Waals surface area contributed by atoms with Gasteiger partial charge in [0.2, 0.25) is 0 Å². The molecule has 0 spiro atoms. The molecule has 0 atom stereocenters. The molecule has 1 aromatic carbocycles. The first-order valence-corrected chi connectivity index (χ1v) is 7.65. The Kier molecular flexibility index (Phi) is 7.80. The topological polar surface area (TPSA) is 97.1 Å². The highest BCUT2D eigenvalue weighted by molar-refractivity contribution is 7.13. The van der Waals surface area contributed by atoms with Gasteiger partial charge in [0.25, 0.3) is 0 Å². The average Bonchev–Trinajstić information content (AvgIpc) is 3.01. The van der Waals surface area contributed by atoms with Gasteiger partial charge in [0.15, 0.2) is 5.13 Å². The van der Waals surface area contributed by atoms with Gasteiger partial charge < -0.3 is 15.8 Å². The van der Waals surface area contributed by atoms with Crippen LogP contribution in [0.2, 0.25) is 0 Å². The lowest BCUT2D eigenvalue weighted by atomic mass is 10.2. The van der Waals surface area contributed by atoms with E-state index in [0.717, 1.165) is 17.5 Å². The number of nitrogens with two attached hydrogens (primary N) is 1. The maximum atomic E-state index is 11.6. The Morgan fingerprint density at radius 3 is 2.41 bits per heavy atom. The zero-order valence-electron chi connectivity index (χ0n) is 12.6. The van der Waals surface area contributed by atoms with Gasteiger partial charge in [0, 0.05) is 29.7 Å². The molecule has 7 heteroatoms. The molecular formula is C15H20N4O2S. The molecule has 0 bridgehead atoms. The zero-order chi connectivity index (χ0) is 16.4. The summed E-state index contributed by atoms with van der Waals surface area (Å²) in [5.41, 5.74) is 7.23. The van der Waals surface area contributed by atoms with Crippen LogP contribution in [0.15, 0.2) is 35.8 Å². The van der Waals surface area contributed by atoms with E-state index in [1.807, 2.05) is 38.1 Å². The fraction of sp³-hybridized carbons (Fsp3) is 0.267. The van der Waals surface area contributed by atoms with E-state index in [1.165, 1.54) is 11.3 Å². The molecule has 0 aliphatic carbocycles. The second kappa shape index (κ2) is 9.64. The summed E-state index contributed by atoms with van der Waals surface area (Å²) in [5, 5.41) is 7.71. The summed E-state index contributed by atoms with van der Waals surface area (Å²) >= 11 is 1.37. The minimum absolute atomic E-state index is 0.204. The van der Waals surface area contributed by atoms with Crippen molar-refractivity contribution in [2.24, 2.45) is 11.7 Å². The summed E-state index contributed by atoms with van der Waals surface area (Å²) in [6.07, 6.45) is 2.55. The standard InChI is InChI=1S/C11H12N4OS.C4H8O/c12-7-8-1-3-9(4-2-8)14-10(16)15-11-13-5-6-17-11;1-4(2)3-5/h1-6H,7,12H2,(H2,13,14,15,16);3-4H,1-2H3. The SMILES string of the molecule is CC(C)C=O.NCc1ccc(NC(=O)Nc2nccs2)cc1. The number of nitrogens with one attached hydrogen (secondary N) is 2. The van der Waals surface area contributed by atoms with Crippen molar-refractivity contribution in [3.63, 3.8) is 0 Å². The van der Waals surface area contributed by atoms with Crippen molar-refractivity contribution in [3.05, 3.63) is 41.4 Å². The molecule has 6 nitrogen and oxygen atoms in total. The number of rotatable bonds is 4. The van der Waals surface area contributed by atoms with Crippen molar-refractivity contribution in [2.75, 3.05) is 10.6 Å². The van der Waals surface area contributed by atoms with Crippen molar-refractivity contribution < 1.29 is 9.59 Å². The smallest absolute Gasteiger partial charge is 0.325 e. The van der Waals surface area contributed by atoms with Gasteiger partial charge in [-0.05, 0) is 17.7 Å². The number of benzene rings is 1. The van der Waals surface area contributed by atoms with Crippen LogP contribution < -0.4 is 16.4 Å². The van der Waals surface area contributed by atoms with Gasteiger partial charge in [-0.1, -0.05) is 26.0 Å². The molecule has 0 aliphatic rings. The second-order valence-electron chi connectivity index (χ2n) is 4.70. The summed E-state index contributed by atoms with van der Waals surface area (Å²) in [4.78, 5) is 25.0. The molecule has 2 rings (SSSR count). The lowest BCUT2D eigenvalue weighted by Gasteiger charge is -2.05. The van der Waals surface area contributed by atoms with Crippen LogP contribution >= 0.6 is 11.3 Å². The first kappa shape index (κ1) is 17.8. The highest BCUT2D eigenvalue weighted by atomic mass is 32.1. The Hall–Kier alpha value is -2.25. The summed E-state index contributed by atoms with van der Waals surface area (Å²) < 4.78 is 0. The third kappa shape index (κ3) is 6.96. The summed E-state index contributed by atoms with van der Waals surface area (Å²) in [6.45, 7) is 4.20. The van der Waals surface area contributed by atoms with Crippen LogP contribution in [0.4, 0.5) is 15.6 Å². The second-order valence-corrected chi connectivity index (χ2v) is 5.59. The van der Waals surface area contributed by atoms with Gasteiger partial charge in [-0.3, -0.25) is 5.32 Å². The number of carbonyl (C=O) groups excluding carboxylic acids is 2. The molecule has 0 saturated heterocycles. The predicted molar refractivity (Wildman–Crippen MR) is 90.0 cm³/mol. The van der Waals surface area contributed by atoms with E-state index in [9.17, 15) is 9.59 Å². The van der Waals surface area contributed by atoms with E-state index in [4.69, 9.17) is 5.73 Å². The van der Waals surface area contributed by atoms with Crippen LogP contribution in [0, 0.1) is 5.92 Å². The molecule has 4 N–H and O–H groups in total. The van der Waals surface area contributed by atoms with Gasteiger partial charge >= 0.3 is 6.03 Å². The Morgan fingerprint density at radius 1 is 1.32 bits per heavy atom. The molecule has 1 heterocycles. The third-order valence-corrected chi connectivity index (χ3v) is 3.06. The van der Waals surface area contributed by atoms with Crippen LogP contribution in [0.1, 0.15) is 19.4 Å². The average molecular weight is 320 g/mol. The van der Waals surface area contributed by atoms with Crippen LogP contribution in [-0.4, -0.2) is 17.3 Å². The molecular weight excluding hydrogens is 300 g/mol. The summed E-state index contributed by atoms with van der Waals surface area (Å²) in [6, 6.07) is 7.06. The maximum absolute atomic E-state index is 11.6. The quantitative estimate of drug-likeness (QED) is 0.754. The molecule has 0 fully saturated rings. The number of thiazole rings is 1. The van der Waals surface area contributed by atoms with E-state index >= 15 is 0 Å². The van der Waals surface area contributed by atoms with Crippen molar-refractivity contribution in [2.45, 2.75) is 20.4 Å². The van der Waals surface area contributed by atoms with Gasteiger partial charge in [0.1, 0.15) is 6.29 Å². The molecule has 2 amide bonds. The first-order chi connectivity index (χ1) is 10.5. The van der Waals surface area contributed by atoms with Crippen molar-refractivity contribution >= 4 is 34.5 Å². The lowest BCUT2D eigenvalue weighted by molar-refractivity contribution is -0.110. The summed E-state index contributed by atoms with van der Waals surface area (Å²) in [5.74, 6) is 0.204. The van der Waals surface area contributed by atoms with E-state index in [2.05, 4.69) is 15.6 Å². The normalized spacial score (nSPS) is 9.64. The first-order valence-electron chi connectivity index (χ1n) is 6.77. The number of carbonyl (C=O) groups is 2. The maximum Gasteiger partial charge on any atom is 0.325 e. The zero-order valence-corrected chi connectivity index (χ0v) is 13.4. The van der Waals surface area contributed by atoms with Crippen LogP contribution in [0.5, 0.6) is 0 Å². The van der Waals surface area contributed by atoms with Gasteiger partial charge in [0.05, 0.1) is 0 Å². The fourth-order valence-corrected chi connectivity index (χ4v) is 1.79. The highest BCUT2D eigenvalue weighted by Crippen LogP contribution is 2.12. The van der Waals surface area contributed by atoms with Gasteiger partial charge in [-0.25, -0.2) is 9.78 Å². The number of aromatic nitrogens is 1. The highest BCUT2D eigenvalue weighted by Gasteiger charge is 2.03. The Bertz CT molecular complexity index is 568. The molecule has 0 radical (unpaired) electrons. The monoisotopic (exact) mass is 320 g/mol.